The lowest BCUT2D eigenvalue weighted by atomic mass is 10.2. The van der Waals surface area contributed by atoms with E-state index in [2.05, 4.69) is 20.8 Å². The number of alkyl halides is 2. The monoisotopic (exact) mass is 518 g/mol. The first-order valence-electron chi connectivity index (χ1n) is 12.6. The molecular weight excluding hydrogens is 478 g/mol. The molecule has 1 heterocycles. The van der Waals surface area contributed by atoms with Gasteiger partial charge in [0.05, 0.1) is 13.2 Å². The minimum absolute atomic E-state index is 0.362. The Morgan fingerprint density at radius 2 is 1.31 bits per heavy atom. The summed E-state index contributed by atoms with van der Waals surface area (Å²) < 4.78 is 42.6. The van der Waals surface area contributed by atoms with E-state index >= 15 is 8.78 Å². The van der Waals surface area contributed by atoms with E-state index in [9.17, 15) is 4.79 Å². The Labute approximate surface area is 215 Å². The third kappa shape index (κ3) is 6.92. The van der Waals surface area contributed by atoms with Crippen LogP contribution in [0.4, 0.5) is 13.6 Å². The highest BCUT2D eigenvalue weighted by molar-refractivity contribution is 6.99. The van der Waals surface area contributed by atoms with Crippen molar-refractivity contribution in [1.29, 1.82) is 0 Å². The SMILES string of the molecule is CC(C)(C)OC(=O)N1CCN(CC(F)(F)CO[Si](c2ccccc2)(c2ccccc2)C(C)(C)C)CC1. The highest BCUT2D eigenvalue weighted by Gasteiger charge is 2.52. The molecule has 36 heavy (non-hydrogen) atoms. The Morgan fingerprint density at radius 3 is 1.72 bits per heavy atom. The van der Waals surface area contributed by atoms with Crippen molar-refractivity contribution < 1.29 is 22.7 Å². The molecule has 0 atom stereocenters. The number of amides is 1. The maximum atomic E-state index is 15.4. The van der Waals surface area contributed by atoms with Crippen LogP contribution in [-0.2, 0) is 9.16 Å². The van der Waals surface area contributed by atoms with Gasteiger partial charge in [0.15, 0.2) is 0 Å². The van der Waals surface area contributed by atoms with E-state index in [-0.39, 0.29) is 5.04 Å². The molecule has 0 N–H and O–H groups in total. The predicted molar refractivity (Wildman–Crippen MR) is 143 cm³/mol. The number of carbonyl (C=O) groups is 1. The van der Waals surface area contributed by atoms with Crippen LogP contribution in [0.3, 0.4) is 0 Å². The summed E-state index contributed by atoms with van der Waals surface area (Å²) in [5, 5.41) is 1.58. The van der Waals surface area contributed by atoms with Crippen molar-refractivity contribution in [3.8, 4) is 0 Å². The molecule has 8 heteroatoms. The van der Waals surface area contributed by atoms with Crippen molar-refractivity contribution in [2.24, 2.45) is 0 Å². The van der Waals surface area contributed by atoms with E-state index in [1.807, 2.05) is 81.4 Å². The summed E-state index contributed by atoms with van der Waals surface area (Å²) in [6, 6.07) is 19.6. The van der Waals surface area contributed by atoms with Crippen LogP contribution in [0.5, 0.6) is 0 Å². The average molecular weight is 519 g/mol. The molecule has 0 unspecified atom stereocenters. The number of nitrogens with zero attached hydrogens (tertiary/aromatic N) is 2. The van der Waals surface area contributed by atoms with Crippen LogP contribution in [0.25, 0.3) is 0 Å². The number of hydrogen-bond acceptors (Lipinski definition) is 4. The fourth-order valence-corrected chi connectivity index (χ4v) is 9.35. The maximum Gasteiger partial charge on any atom is 0.410 e. The molecule has 1 aliphatic heterocycles. The van der Waals surface area contributed by atoms with Crippen molar-refractivity contribution in [3.63, 3.8) is 0 Å². The smallest absolute Gasteiger partial charge is 0.410 e. The zero-order valence-corrected chi connectivity index (χ0v) is 23.4. The van der Waals surface area contributed by atoms with Crippen LogP contribution in [0.15, 0.2) is 60.7 Å². The van der Waals surface area contributed by atoms with Crippen LogP contribution >= 0.6 is 0 Å². The zero-order chi connectivity index (χ0) is 26.6. The lowest BCUT2D eigenvalue weighted by Crippen LogP contribution is -2.67. The average Bonchev–Trinajstić information content (AvgIpc) is 2.79. The Kier molecular flexibility index (Phi) is 8.63. The van der Waals surface area contributed by atoms with Crippen molar-refractivity contribution in [3.05, 3.63) is 60.7 Å². The van der Waals surface area contributed by atoms with Crippen LogP contribution in [0.1, 0.15) is 41.5 Å². The van der Waals surface area contributed by atoms with E-state index in [0.29, 0.717) is 26.2 Å². The third-order valence-electron chi connectivity index (χ3n) is 6.40. The zero-order valence-electron chi connectivity index (χ0n) is 22.4. The minimum atomic E-state index is -3.04. The molecule has 1 amide bonds. The van der Waals surface area contributed by atoms with E-state index in [0.717, 1.165) is 10.4 Å². The fraction of sp³-hybridized carbons (Fsp3) is 0.536. The Hall–Kier alpha value is -2.29. The Balaban J connectivity index is 1.73. The van der Waals surface area contributed by atoms with Gasteiger partial charge in [0.1, 0.15) is 5.60 Å². The first kappa shape index (κ1) is 28.3. The van der Waals surface area contributed by atoms with Crippen LogP contribution in [0.2, 0.25) is 5.04 Å². The molecule has 1 aliphatic rings. The highest BCUT2D eigenvalue weighted by Crippen LogP contribution is 2.37. The Bertz CT molecular complexity index is 944. The molecule has 0 aromatic heterocycles. The van der Waals surface area contributed by atoms with E-state index in [1.54, 1.807) is 9.80 Å². The summed E-state index contributed by atoms with van der Waals surface area (Å²) in [4.78, 5) is 15.6. The molecule has 2 aromatic rings. The second-order valence-corrected chi connectivity index (χ2v) is 15.9. The molecule has 5 nitrogen and oxygen atoms in total. The van der Waals surface area contributed by atoms with Crippen molar-refractivity contribution in [1.82, 2.24) is 9.80 Å². The van der Waals surface area contributed by atoms with Gasteiger partial charge in [-0.3, -0.25) is 4.90 Å². The standard InChI is InChI=1S/C28H40F2N2O3Si/c1-26(2,3)35-25(33)32-19-17-31(18-20-32)21-28(29,30)22-34-36(27(4,5)6,23-13-9-7-10-14-23)24-15-11-8-12-16-24/h7-16H,17-22H2,1-6H3. The van der Waals surface area contributed by atoms with Crippen LogP contribution in [0, 0.1) is 0 Å². The van der Waals surface area contributed by atoms with Gasteiger partial charge in [0.2, 0.25) is 0 Å². The number of rotatable bonds is 7. The lowest BCUT2D eigenvalue weighted by Gasteiger charge is -2.44. The molecule has 0 spiro atoms. The van der Waals surface area contributed by atoms with Crippen molar-refractivity contribution >= 4 is 24.8 Å². The van der Waals surface area contributed by atoms with Gasteiger partial charge in [-0.2, -0.15) is 0 Å². The molecule has 2 aromatic carbocycles. The molecule has 0 saturated carbocycles. The van der Waals surface area contributed by atoms with E-state index in [1.165, 1.54) is 0 Å². The summed E-state index contributed by atoms with van der Waals surface area (Å²) in [7, 11) is -3.04. The number of halogens is 2. The first-order chi connectivity index (χ1) is 16.7. The quantitative estimate of drug-likeness (QED) is 0.496. The van der Waals surface area contributed by atoms with Gasteiger partial charge in [-0.05, 0) is 36.2 Å². The normalized spacial score (nSPS) is 16.2. The molecule has 198 valence electrons. The second-order valence-electron chi connectivity index (χ2n) is 11.6. The van der Waals surface area contributed by atoms with Crippen LogP contribution in [-0.4, -0.2) is 75.1 Å². The number of ether oxygens (including phenoxy) is 1. The number of benzene rings is 2. The number of piperazine rings is 1. The predicted octanol–water partition coefficient (Wildman–Crippen LogP) is 4.75. The summed E-state index contributed by atoms with van der Waals surface area (Å²) in [5.41, 5.74) is -0.584. The van der Waals surface area contributed by atoms with Gasteiger partial charge in [0, 0.05) is 26.2 Å². The molecular formula is C28H40F2N2O3Si. The third-order valence-corrected chi connectivity index (χ3v) is 11.4. The molecule has 3 rings (SSSR count). The van der Waals surface area contributed by atoms with Crippen molar-refractivity contribution in [2.75, 3.05) is 39.3 Å². The molecule has 0 aliphatic carbocycles. The van der Waals surface area contributed by atoms with E-state index in [4.69, 9.17) is 9.16 Å². The highest BCUT2D eigenvalue weighted by atomic mass is 28.4. The van der Waals surface area contributed by atoms with Gasteiger partial charge in [0.25, 0.3) is 14.2 Å². The summed E-state index contributed by atoms with van der Waals surface area (Å²) in [6.45, 7) is 12.1. The fourth-order valence-electron chi connectivity index (χ4n) is 4.76. The summed E-state index contributed by atoms with van der Waals surface area (Å²) in [6.07, 6.45) is -0.399. The van der Waals surface area contributed by atoms with Gasteiger partial charge in [-0.25, -0.2) is 13.6 Å². The van der Waals surface area contributed by atoms with Crippen LogP contribution < -0.4 is 10.4 Å². The van der Waals surface area contributed by atoms with Gasteiger partial charge in [-0.15, -0.1) is 0 Å². The molecule has 0 radical (unpaired) electrons. The van der Waals surface area contributed by atoms with Gasteiger partial charge in [-0.1, -0.05) is 81.4 Å². The van der Waals surface area contributed by atoms with Crippen molar-refractivity contribution in [2.45, 2.75) is 58.1 Å². The molecule has 0 bridgehead atoms. The maximum absolute atomic E-state index is 15.4. The van der Waals surface area contributed by atoms with Gasteiger partial charge >= 0.3 is 6.09 Å². The van der Waals surface area contributed by atoms with E-state index < -0.39 is 39.1 Å². The summed E-state index contributed by atoms with van der Waals surface area (Å²) >= 11 is 0. The molecule has 1 fully saturated rings. The first-order valence-corrected chi connectivity index (χ1v) is 14.5. The second kappa shape index (κ2) is 11.0. The number of carbonyl (C=O) groups excluding carboxylic acids is 1. The lowest BCUT2D eigenvalue weighted by molar-refractivity contribution is -0.0741. The largest absolute Gasteiger partial charge is 0.444 e. The number of hydrogen-bond donors (Lipinski definition) is 0. The van der Waals surface area contributed by atoms with Gasteiger partial charge < -0.3 is 14.1 Å². The summed E-state index contributed by atoms with van der Waals surface area (Å²) in [5.74, 6) is -3.04. The Morgan fingerprint density at radius 1 is 0.833 bits per heavy atom. The molecule has 1 saturated heterocycles. The minimum Gasteiger partial charge on any atom is -0.444 e. The topological polar surface area (TPSA) is 42.0 Å².